The summed E-state index contributed by atoms with van der Waals surface area (Å²) < 4.78 is 5.55. The normalized spacial score (nSPS) is 11.4. The van der Waals surface area contributed by atoms with Gasteiger partial charge in [-0.15, -0.1) is 0 Å². The molecule has 0 aromatic heterocycles. The van der Waals surface area contributed by atoms with Crippen LogP contribution in [0.3, 0.4) is 0 Å². The van der Waals surface area contributed by atoms with Crippen LogP contribution in [0.25, 0.3) is 0 Å². The Labute approximate surface area is 143 Å². The van der Waals surface area contributed by atoms with E-state index in [4.69, 9.17) is 4.74 Å². The molecule has 1 N–H and O–H groups in total. The van der Waals surface area contributed by atoms with E-state index in [1.807, 2.05) is 81.4 Å². The number of rotatable bonds is 5. The Balaban J connectivity index is 2.44. The van der Waals surface area contributed by atoms with Crippen LogP contribution >= 0.6 is 0 Å². The Bertz CT molecular complexity index is 595. The molecule has 1 amide bonds. The van der Waals surface area contributed by atoms with Crippen LogP contribution in [0.2, 0.25) is 0 Å². The van der Waals surface area contributed by atoms with Gasteiger partial charge in [-0.1, -0.05) is 60.7 Å². The van der Waals surface area contributed by atoms with Gasteiger partial charge in [-0.3, -0.25) is 4.90 Å². The van der Waals surface area contributed by atoms with Crippen molar-refractivity contribution in [1.82, 2.24) is 4.90 Å². The fourth-order valence-electron chi connectivity index (χ4n) is 2.58. The van der Waals surface area contributed by atoms with Gasteiger partial charge < -0.3 is 9.84 Å². The third-order valence-electron chi connectivity index (χ3n) is 3.51. The van der Waals surface area contributed by atoms with E-state index < -0.39 is 11.7 Å². The van der Waals surface area contributed by atoms with Crippen molar-refractivity contribution in [1.29, 1.82) is 0 Å². The maximum atomic E-state index is 12.7. The molecule has 0 aliphatic heterocycles. The van der Waals surface area contributed by atoms with Gasteiger partial charge in [-0.25, -0.2) is 4.79 Å². The van der Waals surface area contributed by atoms with E-state index in [2.05, 4.69) is 0 Å². The van der Waals surface area contributed by atoms with E-state index >= 15 is 0 Å². The highest BCUT2D eigenvalue weighted by Gasteiger charge is 2.30. The van der Waals surface area contributed by atoms with Crippen LogP contribution < -0.4 is 0 Å². The molecular formula is C20H25NO3. The zero-order chi connectivity index (χ0) is 17.6. The molecule has 0 bridgehead atoms. The van der Waals surface area contributed by atoms with Gasteiger partial charge in [0, 0.05) is 6.54 Å². The van der Waals surface area contributed by atoms with E-state index in [-0.39, 0.29) is 19.2 Å². The summed E-state index contributed by atoms with van der Waals surface area (Å²) in [4.78, 5) is 14.3. The van der Waals surface area contributed by atoms with Crippen LogP contribution in [0.5, 0.6) is 0 Å². The molecule has 4 nitrogen and oxygen atoms in total. The van der Waals surface area contributed by atoms with Crippen molar-refractivity contribution < 1.29 is 14.6 Å². The standard InChI is InChI=1S/C20H25NO3/c1-20(2,3)24-19(23)21(14-15-22)18(16-10-6-4-7-11-16)17-12-8-5-9-13-17/h4-13,18,22H,14-15H2,1-3H3. The zero-order valence-corrected chi connectivity index (χ0v) is 14.5. The number of aliphatic hydroxyl groups is 1. The minimum Gasteiger partial charge on any atom is -0.444 e. The lowest BCUT2D eigenvalue weighted by molar-refractivity contribution is 0.0155. The third-order valence-corrected chi connectivity index (χ3v) is 3.51. The minimum absolute atomic E-state index is 0.130. The van der Waals surface area contributed by atoms with Crippen molar-refractivity contribution >= 4 is 6.09 Å². The van der Waals surface area contributed by atoms with Crippen molar-refractivity contribution in [3.05, 3.63) is 71.8 Å². The van der Waals surface area contributed by atoms with Crippen LogP contribution in [-0.2, 0) is 4.74 Å². The van der Waals surface area contributed by atoms with Crippen LogP contribution in [0.4, 0.5) is 4.79 Å². The summed E-state index contributed by atoms with van der Waals surface area (Å²) in [5.74, 6) is 0. The molecule has 0 saturated heterocycles. The summed E-state index contributed by atoms with van der Waals surface area (Å²) in [5.41, 5.74) is 1.36. The number of hydrogen-bond acceptors (Lipinski definition) is 3. The Morgan fingerprint density at radius 2 is 1.46 bits per heavy atom. The van der Waals surface area contributed by atoms with Crippen LogP contribution in [0.1, 0.15) is 37.9 Å². The number of carbonyl (C=O) groups excluding carboxylic acids is 1. The number of nitrogens with zero attached hydrogens (tertiary/aromatic N) is 1. The molecule has 0 spiro atoms. The Morgan fingerprint density at radius 3 is 1.83 bits per heavy atom. The average Bonchev–Trinajstić information content (AvgIpc) is 2.55. The second kappa shape index (κ2) is 7.97. The fraction of sp³-hybridized carbons (Fsp3) is 0.350. The van der Waals surface area contributed by atoms with Crippen molar-refractivity contribution in [3.8, 4) is 0 Å². The molecule has 0 unspecified atom stereocenters. The summed E-state index contributed by atoms with van der Waals surface area (Å²) in [6.07, 6.45) is -0.436. The quantitative estimate of drug-likeness (QED) is 0.903. The lowest BCUT2D eigenvalue weighted by Crippen LogP contribution is -2.41. The van der Waals surface area contributed by atoms with Gasteiger partial charge in [0.05, 0.1) is 12.6 Å². The highest BCUT2D eigenvalue weighted by Crippen LogP contribution is 2.29. The van der Waals surface area contributed by atoms with Gasteiger partial charge in [-0.05, 0) is 31.9 Å². The first-order valence-electron chi connectivity index (χ1n) is 8.13. The van der Waals surface area contributed by atoms with Gasteiger partial charge in [0.25, 0.3) is 0 Å². The van der Waals surface area contributed by atoms with E-state index in [9.17, 15) is 9.90 Å². The lowest BCUT2D eigenvalue weighted by atomic mass is 9.97. The first-order chi connectivity index (χ1) is 11.4. The third kappa shape index (κ3) is 4.83. The number of carbonyl (C=O) groups is 1. The first kappa shape index (κ1) is 18.0. The maximum absolute atomic E-state index is 12.7. The highest BCUT2D eigenvalue weighted by molar-refractivity contribution is 5.69. The summed E-state index contributed by atoms with van der Waals surface area (Å²) in [5, 5.41) is 9.48. The van der Waals surface area contributed by atoms with Crippen molar-refractivity contribution in [2.75, 3.05) is 13.2 Å². The van der Waals surface area contributed by atoms with Gasteiger partial charge in [-0.2, -0.15) is 0 Å². The smallest absolute Gasteiger partial charge is 0.411 e. The van der Waals surface area contributed by atoms with Crippen LogP contribution in [-0.4, -0.2) is 34.9 Å². The SMILES string of the molecule is CC(C)(C)OC(=O)N(CCO)C(c1ccccc1)c1ccccc1. The van der Waals surface area contributed by atoms with Gasteiger partial charge >= 0.3 is 6.09 Å². The van der Waals surface area contributed by atoms with Gasteiger partial charge in [0.2, 0.25) is 0 Å². The highest BCUT2D eigenvalue weighted by atomic mass is 16.6. The number of benzene rings is 2. The molecule has 0 fully saturated rings. The summed E-state index contributed by atoms with van der Waals surface area (Å²) >= 11 is 0. The number of hydrogen-bond donors (Lipinski definition) is 1. The van der Waals surface area contributed by atoms with E-state index in [1.165, 1.54) is 0 Å². The van der Waals surface area contributed by atoms with E-state index in [0.717, 1.165) is 11.1 Å². The molecular weight excluding hydrogens is 302 g/mol. The summed E-state index contributed by atoms with van der Waals surface area (Å²) in [6.45, 7) is 5.57. The molecule has 0 saturated carbocycles. The van der Waals surface area contributed by atoms with Crippen molar-refractivity contribution in [3.63, 3.8) is 0 Å². The number of ether oxygens (including phenoxy) is 1. The second-order valence-electron chi connectivity index (χ2n) is 6.62. The zero-order valence-electron chi connectivity index (χ0n) is 14.5. The number of amides is 1. The Kier molecular flexibility index (Phi) is 5.99. The Morgan fingerprint density at radius 1 is 1.00 bits per heavy atom. The monoisotopic (exact) mass is 327 g/mol. The molecule has 0 radical (unpaired) electrons. The van der Waals surface area contributed by atoms with Gasteiger partial charge in [0.15, 0.2) is 0 Å². The van der Waals surface area contributed by atoms with Crippen LogP contribution in [0, 0.1) is 0 Å². The predicted molar refractivity (Wildman–Crippen MR) is 94.8 cm³/mol. The molecule has 4 heteroatoms. The fourth-order valence-corrected chi connectivity index (χ4v) is 2.58. The first-order valence-corrected chi connectivity index (χ1v) is 8.13. The minimum atomic E-state index is -0.595. The number of aliphatic hydroxyl groups excluding tert-OH is 1. The molecule has 2 aromatic carbocycles. The maximum Gasteiger partial charge on any atom is 0.411 e. The molecule has 24 heavy (non-hydrogen) atoms. The molecule has 2 rings (SSSR count). The topological polar surface area (TPSA) is 49.8 Å². The average molecular weight is 327 g/mol. The molecule has 0 atom stereocenters. The van der Waals surface area contributed by atoms with Crippen molar-refractivity contribution in [2.24, 2.45) is 0 Å². The lowest BCUT2D eigenvalue weighted by Gasteiger charge is -2.34. The largest absolute Gasteiger partial charge is 0.444 e. The molecule has 0 aliphatic carbocycles. The van der Waals surface area contributed by atoms with E-state index in [1.54, 1.807) is 4.90 Å². The second-order valence-corrected chi connectivity index (χ2v) is 6.62. The summed E-state index contributed by atoms with van der Waals surface area (Å²) in [6, 6.07) is 19.3. The van der Waals surface area contributed by atoms with Gasteiger partial charge in [0.1, 0.15) is 5.60 Å². The molecule has 0 heterocycles. The molecule has 0 aliphatic rings. The summed E-state index contributed by atoms with van der Waals surface area (Å²) in [7, 11) is 0. The predicted octanol–water partition coefficient (Wildman–Crippen LogP) is 4.01. The molecule has 128 valence electrons. The Hall–Kier alpha value is -2.33. The molecule has 2 aromatic rings. The van der Waals surface area contributed by atoms with Crippen LogP contribution in [0.15, 0.2) is 60.7 Å². The van der Waals surface area contributed by atoms with E-state index in [0.29, 0.717) is 0 Å². The van der Waals surface area contributed by atoms with Crippen molar-refractivity contribution in [2.45, 2.75) is 32.4 Å².